The molecule has 5 rings (SSSR count). The first-order valence-corrected chi connectivity index (χ1v) is 11.0. The van der Waals surface area contributed by atoms with Gasteiger partial charge in [0.15, 0.2) is 17.3 Å². The minimum absolute atomic E-state index is 0. The van der Waals surface area contributed by atoms with E-state index in [9.17, 15) is 18.4 Å². The molecule has 0 spiro atoms. The number of nitrogens with one attached hydrogen (secondary N) is 3. The molecule has 2 aliphatic rings. The third-order valence-electron chi connectivity index (χ3n) is 6.18. The van der Waals surface area contributed by atoms with Crippen molar-refractivity contribution in [2.75, 3.05) is 13.1 Å². The minimum Gasteiger partial charge on any atom is -0.355 e. The second-order valence-corrected chi connectivity index (χ2v) is 8.52. The van der Waals surface area contributed by atoms with Gasteiger partial charge in [-0.2, -0.15) is 0 Å². The molecule has 9 nitrogen and oxygen atoms in total. The maximum Gasteiger partial charge on any atom is 0.273 e. The van der Waals surface area contributed by atoms with Gasteiger partial charge < -0.3 is 20.5 Å². The number of hydrogen-bond donors (Lipinski definition) is 3. The normalized spacial score (nSPS) is 20.4. The van der Waals surface area contributed by atoms with Crippen molar-refractivity contribution >= 4 is 24.2 Å². The predicted molar refractivity (Wildman–Crippen MR) is 122 cm³/mol. The van der Waals surface area contributed by atoms with Gasteiger partial charge in [-0.3, -0.25) is 9.59 Å². The van der Waals surface area contributed by atoms with Crippen LogP contribution >= 0.6 is 12.4 Å². The lowest BCUT2D eigenvalue weighted by Crippen LogP contribution is -2.56. The topological polar surface area (TPSA) is 122 Å². The summed E-state index contributed by atoms with van der Waals surface area (Å²) in [7, 11) is 0. The molecule has 2 atom stereocenters. The molecule has 1 aliphatic carbocycles. The lowest BCUT2D eigenvalue weighted by atomic mass is 9.91. The lowest BCUT2D eigenvalue weighted by Gasteiger charge is -2.32. The van der Waals surface area contributed by atoms with Gasteiger partial charge in [-0.1, -0.05) is 5.16 Å². The van der Waals surface area contributed by atoms with E-state index in [0.717, 1.165) is 25.0 Å². The Morgan fingerprint density at radius 1 is 1.14 bits per heavy atom. The zero-order valence-electron chi connectivity index (χ0n) is 18.5. The number of amides is 2. The fraction of sp³-hybridized carbons (Fsp3) is 0.348. The summed E-state index contributed by atoms with van der Waals surface area (Å²) in [6.07, 6.45) is 5.33. The first-order chi connectivity index (χ1) is 16.4. The first kappa shape index (κ1) is 24.7. The number of carbonyl (C=O) groups is 2. The van der Waals surface area contributed by atoms with E-state index in [-0.39, 0.29) is 35.3 Å². The van der Waals surface area contributed by atoms with Gasteiger partial charge in [-0.25, -0.2) is 18.7 Å². The summed E-state index contributed by atoms with van der Waals surface area (Å²) in [6, 6.07) is 5.59. The van der Waals surface area contributed by atoms with Crippen LogP contribution in [0.1, 0.15) is 35.6 Å². The monoisotopic (exact) mass is 504 g/mol. The van der Waals surface area contributed by atoms with Crippen LogP contribution < -0.4 is 16.0 Å². The van der Waals surface area contributed by atoms with Crippen molar-refractivity contribution in [1.82, 2.24) is 31.1 Å². The maximum absolute atomic E-state index is 14.0. The molecule has 1 aliphatic heterocycles. The van der Waals surface area contributed by atoms with Crippen molar-refractivity contribution in [3.63, 3.8) is 0 Å². The van der Waals surface area contributed by atoms with Crippen molar-refractivity contribution < 1.29 is 22.9 Å². The first-order valence-electron chi connectivity index (χ1n) is 11.0. The molecule has 2 amide bonds. The number of halogens is 3. The fourth-order valence-corrected chi connectivity index (χ4v) is 4.15. The van der Waals surface area contributed by atoms with Gasteiger partial charge in [0, 0.05) is 37.1 Å². The van der Waals surface area contributed by atoms with Gasteiger partial charge >= 0.3 is 0 Å². The largest absolute Gasteiger partial charge is 0.355 e. The number of carbonyl (C=O) groups excluding carboxylic acids is 2. The summed E-state index contributed by atoms with van der Waals surface area (Å²) >= 11 is 0. The Kier molecular flexibility index (Phi) is 7.08. The summed E-state index contributed by atoms with van der Waals surface area (Å²) in [5, 5.41) is 12.8. The van der Waals surface area contributed by atoms with Crippen molar-refractivity contribution in [3.05, 3.63) is 65.9 Å². The molecular weight excluding hydrogens is 482 g/mol. The van der Waals surface area contributed by atoms with E-state index >= 15 is 0 Å². The average Bonchev–Trinajstić information content (AvgIpc) is 3.45. The Hall–Kier alpha value is -3.44. The Morgan fingerprint density at radius 2 is 1.91 bits per heavy atom. The van der Waals surface area contributed by atoms with Gasteiger partial charge in [0.2, 0.25) is 5.91 Å². The summed E-state index contributed by atoms with van der Waals surface area (Å²) in [5.41, 5.74) is -0.636. The lowest BCUT2D eigenvalue weighted by molar-refractivity contribution is -0.127. The smallest absolute Gasteiger partial charge is 0.273 e. The number of rotatable bonds is 6. The molecule has 3 heterocycles. The molecule has 1 saturated carbocycles. The molecule has 12 heteroatoms. The van der Waals surface area contributed by atoms with Crippen LogP contribution in [-0.2, 0) is 10.3 Å². The van der Waals surface area contributed by atoms with Crippen molar-refractivity contribution in [1.29, 1.82) is 0 Å². The molecule has 35 heavy (non-hydrogen) atoms. The Labute approximate surface area is 205 Å². The van der Waals surface area contributed by atoms with E-state index in [0.29, 0.717) is 25.3 Å². The highest BCUT2D eigenvalue weighted by molar-refractivity contribution is 5.94. The summed E-state index contributed by atoms with van der Waals surface area (Å²) in [4.78, 5) is 34.5. The predicted octanol–water partition coefficient (Wildman–Crippen LogP) is 2.35. The average molecular weight is 505 g/mol. The number of hydrogen-bond acceptors (Lipinski definition) is 7. The Morgan fingerprint density at radius 3 is 2.63 bits per heavy atom. The molecule has 2 aromatic heterocycles. The third-order valence-corrected chi connectivity index (χ3v) is 6.18. The Balaban J connectivity index is 0.00000289. The molecular formula is C23H23ClF2N6O3. The highest BCUT2D eigenvalue weighted by atomic mass is 35.5. The van der Waals surface area contributed by atoms with E-state index in [2.05, 4.69) is 31.1 Å². The highest BCUT2D eigenvalue weighted by Gasteiger charge is 2.50. The van der Waals surface area contributed by atoms with Crippen LogP contribution in [0.25, 0.3) is 11.3 Å². The molecule has 0 unspecified atom stereocenters. The van der Waals surface area contributed by atoms with Crippen LogP contribution in [-0.4, -0.2) is 46.1 Å². The minimum atomic E-state index is -0.824. The maximum atomic E-state index is 14.0. The SMILES string of the molecule is Cl.O=C(N[C@H]1CCNC[C@@H]1C(=O)NC1(c2ncccn2)CC1)c1cc(-c2ccc(F)cc2F)on1. The zero-order valence-corrected chi connectivity index (χ0v) is 19.3. The molecule has 184 valence electrons. The van der Waals surface area contributed by atoms with E-state index in [1.807, 2.05) is 0 Å². The number of aromatic nitrogens is 3. The number of nitrogens with zero attached hydrogens (tertiary/aromatic N) is 3. The number of benzene rings is 1. The van der Waals surface area contributed by atoms with E-state index < -0.39 is 35.0 Å². The fourth-order valence-electron chi connectivity index (χ4n) is 4.15. The second kappa shape index (κ2) is 10.0. The molecule has 3 aromatic rings. The standard InChI is InChI=1S/C23H22F2N6O3.ClH/c24-13-2-3-14(16(25)10-13)19-11-18(31-34-19)21(33)29-17-4-9-26-12-15(17)20(32)30-23(5-6-23)22-27-7-1-8-28-22;/h1-3,7-8,10-11,15,17,26H,4-6,9,12H2,(H,29,33)(H,30,32);1H/t15-,17-;/m0./s1. The molecule has 1 aromatic carbocycles. The molecule has 1 saturated heterocycles. The highest BCUT2D eigenvalue weighted by Crippen LogP contribution is 2.43. The van der Waals surface area contributed by atoms with Crippen molar-refractivity contribution in [2.24, 2.45) is 5.92 Å². The molecule has 0 radical (unpaired) electrons. The van der Waals surface area contributed by atoms with E-state index in [4.69, 9.17) is 4.52 Å². The third kappa shape index (κ3) is 5.15. The summed E-state index contributed by atoms with van der Waals surface area (Å²) < 4.78 is 32.3. The second-order valence-electron chi connectivity index (χ2n) is 8.52. The van der Waals surface area contributed by atoms with Crippen molar-refractivity contribution in [2.45, 2.75) is 30.8 Å². The van der Waals surface area contributed by atoms with Crippen molar-refractivity contribution in [3.8, 4) is 11.3 Å². The quantitative estimate of drug-likeness (QED) is 0.471. The van der Waals surface area contributed by atoms with Crippen LogP contribution in [0.5, 0.6) is 0 Å². The molecule has 3 N–H and O–H groups in total. The van der Waals surface area contributed by atoms with E-state index in [1.54, 1.807) is 18.5 Å². The van der Waals surface area contributed by atoms with Gasteiger partial charge in [-0.05, 0) is 44.0 Å². The molecule has 0 bridgehead atoms. The zero-order chi connectivity index (χ0) is 23.7. The van der Waals surface area contributed by atoms with Crippen LogP contribution in [0.3, 0.4) is 0 Å². The summed E-state index contributed by atoms with van der Waals surface area (Å²) in [6.45, 7) is 1.03. The molecule has 2 fully saturated rings. The Bertz CT molecular complexity index is 1220. The van der Waals surface area contributed by atoms with Crippen LogP contribution in [0.4, 0.5) is 8.78 Å². The van der Waals surface area contributed by atoms with Gasteiger partial charge in [-0.15, -0.1) is 12.4 Å². The van der Waals surface area contributed by atoms with Gasteiger partial charge in [0.25, 0.3) is 5.91 Å². The van der Waals surface area contributed by atoms with Crippen LogP contribution in [0.2, 0.25) is 0 Å². The van der Waals surface area contributed by atoms with Crippen LogP contribution in [0.15, 0.2) is 47.2 Å². The van der Waals surface area contributed by atoms with Gasteiger partial charge in [0.1, 0.15) is 11.6 Å². The summed E-state index contributed by atoms with van der Waals surface area (Å²) in [5.74, 6) is -2.22. The number of piperidine rings is 1. The van der Waals surface area contributed by atoms with E-state index in [1.165, 1.54) is 12.1 Å². The van der Waals surface area contributed by atoms with Gasteiger partial charge in [0.05, 0.1) is 17.0 Å². The van der Waals surface area contributed by atoms with Crippen LogP contribution in [0, 0.1) is 17.6 Å².